The van der Waals surface area contributed by atoms with Crippen molar-refractivity contribution in [1.29, 1.82) is 0 Å². The molecule has 0 saturated carbocycles. The van der Waals surface area contributed by atoms with Crippen molar-refractivity contribution >= 4 is 23.8 Å². The van der Waals surface area contributed by atoms with Gasteiger partial charge in [-0.3, -0.25) is 4.79 Å². The molecular weight excluding hydrogens is 340 g/mol. The molecular formula is C17H28N4O5. The third-order valence-electron chi connectivity index (χ3n) is 3.59. The molecule has 0 fully saturated rings. The number of rotatable bonds is 7. The molecule has 0 aliphatic rings. The molecule has 0 saturated heterocycles. The molecule has 146 valence electrons. The molecule has 2 amide bonds. The van der Waals surface area contributed by atoms with Crippen LogP contribution in [0.1, 0.15) is 54.4 Å². The van der Waals surface area contributed by atoms with Gasteiger partial charge in [-0.2, -0.15) is 0 Å². The van der Waals surface area contributed by atoms with Crippen LogP contribution >= 0.6 is 0 Å². The summed E-state index contributed by atoms with van der Waals surface area (Å²) in [4.78, 5) is 39.7. The number of hydrogen-bond acceptors (Lipinski definition) is 5. The summed E-state index contributed by atoms with van der Waals surface area (Å²) in [6.45, 7) is 10.1. The number of aliphatic carboxylic acids is 1. The minimum absolute atomic E-state index is 0.205. The lowest BCUT2D eigenvalue weighted by Crippen LogP contribution is -2.45. The largest absolute Gasteiger partial charge is 0.480 e. The molecule has 9 nitrogen and oxygen atoms in total. The highest BCUT2D eigenvalue weighted by Gasteiger charge is 2.30. The van der Waals surface area contributed by atoms with Crippen molar-refractivity contribution in [1.82, 2.24) is 14.9 Å². The lowest BCUT2D eigenvalue weighted by molar-refractivity contribution is -0.145. The van der Waals surface area contributed by atoms with Crippen LogP contribution < -0.4 is 10.6 Å². The van der Waals surface area contributed by atoms with Crippen LogP contribution in [0.5, 0.6) is 0 Å². The highest BCUT2D eigenvalue weighted by Crippen LogP contribution is 2.18. The van der Waals surface area contributed by atoms with Crippen molar-refractivity contribution in [3.05, 3.63) is 12.5 Å². The van der Waals surface area contributed by atoms with E-state index in [2.05, 4.69) is 15.6 Å². The predicted molar refractivity (Wildman–Crippen MR) is 95.9 cm³/mol. The van der Waals surface area contributed by atoms with Crippen LogP contribution in [0.2, 0.25) is 0 Å². The highest BCUT2D eigenvalue weighted by atomic mass is 16.6. The van der Waals surface area contributed by atoms with E-state index in [1.165, 1.54) is 30.9 Å². The molecule has 1 unspecified atom stereocenters. The zero-order valence-corrected chi connectivity index (χ0v) is 16.1. The zero-order valence-electron chi connectivity index (χ0n) is 16.1. The lowest BCUT2D eigenvalue weighted by atomic mass is 10.1. The van der Waals surface area contributed by atoms with Crippen molar-refractivity contribution < 1.29 is 24.2 Å². The van der Waals surface area contributed by atoms with Crippen LogP contribution in [-0.2, 0) is 19.9 Å². The number of alkyl carbamates (subject to hydrolysis) is 1. The maximum atomic E-state index is 12.4. The number of ether oxygens (including phenoxy) is 1. The Balaban J connectivity index is 2.81. The number of nitrogens with zero attached hydrogens (tertiary/aromatic N) is 2. The number of nitrogens with one attached hydrogen (secondary N) is 2. The molecule has 0 radical (unpaired) electrons. The van der Waals surface area contributed by atoms with Crippen molar-refractivity contribution in [2.45, 2.75) is 71.6 Å². The first-order valence-electron chi connectivity index (χ1n) is 8.45. The first-order valence-corrected chi connectivity index (χ1v) is 8.45. The summed E-state index contributed by atoms with van der Waals surface area (Å²) in [7, 11) is 0. The van der Waals surface area contributed by atoms with Crippen LogP contribution in [0, 0.1) is 0 Å². The van der Waals surface area contributed by atoms with Crippen molar-refractivity contribution in [3.63, 3.8) is 0 Å². The van der Waals surface area contributed by atoms with E-state index in [-0.39, 0.29) is 5.82 Å². The van der Waals surface area contributed by atoms with Gasteiger partial charge in [0.1, 0.15) is 17.2 Å². The molecule has 26 heavy (non-hydrogen) atoms. The minimum Gasteiger partial charge on any atom is -0.480 e. The topological polar surface area (TPSA) is 123 Å². The van der Waals surface area contributed by atoms with E-state index in [9.17, 15) is 19.5 Å². The number of anilines is 1. The van der Waals surface area contributed by atoms with Gasteiger partial charge in [0.2, 0.25) is 5.91 Å². The van der Waals surface area contributed by atoms with Gasteiger partial charge in [-0.25, -0.2) is 14.6 Å². The number of carboxylic acids is 1. The first-order chi connectivity index (χ1) is 11.9. The fourth-order valence-electron chi connectivity index (χ4n) is 2.02. The second kappa shape index (κ2) is 8.20. The van der Waals surface area contributed by atoms with E-state index < -0.39 is 35.2 Å². The Labute approximate surface area is 153 Å². The number of carbonyl (C=O) groups is 3. The molecule has 0 aromatic carbocycles. The molecule has 1 aromatic heterocycles. The maximum Gasteiger partial charge on any atom is 0.408 e. The number of amides is 2. The molecule has 3 N–H and O–H groups in total. The Morgan fingerprint density at radius 3 is 2.38 bits per heavy atom. The third-order valence-corrected chi connectivity index (χ3v) is 3.59. The number of aromatic nitrogens is 2. The average Bonchev–Trinajstić information content (AvgIpc) is 2.93. The fraction of sp³-hybridized carbons (Fsp3) is 0.647. The van der Waals surface area contributed by atoms with Gasteiger partial charge >= 0.3 is 12.1 Å². The second-order valence-electron chi connectivity index (χ2n) is 7.51. The maximum absolute atomic E-state index is 12.4. The first kappa shape index (κ1) is 21.5. The lowest BCUT2D eigenvalue weighted by Gasteiger charge is -2.23. The van der Waals surface area contributed by atoms with E-state index in [4.69, 9.17) is 4.74 Å². The van der Waals surface area contributed by atoms with Crippen LogP contribution in [0.4, 0.5) is 10.6 Å². The number of hydrogen-bond donors (Lipinski definition) is 3. The molecule has 1 aromatic rings. The van der Waals surface area contributed by atoms with E-state index in [0.717, 1.165) is 0 Å². The number of carboxylic acid groups (broad SMARTS) is 1. The average molecular weight is 368 g/mol. The van der Waals surface area contributed by atoms with Crippen LogP contribution in [0.25, 0.3) is 0 Å². The molecule has 1 rings (SSSR count). The van der Waals surface area contributed by atoms with Gasteiger partial charge in [-0.15, -0.1) is 0 Å². The summed E-state index contributed by atoms with van der Waals surface area (Å²) in [6.07, 6.45) is 3.19. The molecule has 9 heteroatoms. The molecule has 0 aliphatic carbocycles. The molecule has 0 aliphatic heterocycles. The Kier molecular flexibility index (Phi) is 6.77. The summed E-state index contributed by atoms with van der Waals surface area (Å²) in [5.74, 6) is -1.27. The van der Waals surface area contributed by atoms with Crippen molar-refractivity contribution in [2.24, 2.45) is 0 Å². The monoisotopic (exact) mass is 368 g/mol. The van der Waals surface area contributed by atoms with E-state index in [1.807, 2.05) is 6.92 Å². The van der Waals surface area contributed by atoms with Gasteiger partial charge in [-0.05, 0) is 41.0 Å². The van der Waals surface area contributed by atoms with Gasteiger partial charge < -0.3 is 25.0 Å². The smallest absolute Gasteiger partial charge is 0.408 e. The van der Waals surface area contributed by atoms with Gasteiger partial charge in [-0.1, -0.05) is 13.3 Å². The van der Waals surface area contributed by atoms with Crippen LogP contribution in [0.3, 0.4) is 0 Å². The van der Waals surface area contributed by atoms with Crippen molar-refractivity contribution in [2.75, 3.05) is 5.32 Å². The van der Waals surface area contributed by atoms with E-state index in [0.29, 0.717) is 12.8 Å². The Hall–Kier alpha value is -2.58. The minimum atomic E-state index is -1.20. The molecule has 1 heterocycles. The standard InChI is InChI=1S/C17H28N4O5/c1-7-8-11(19-15(25)26-16(2,3)4)13(22)20-12-9-21(10-18-12)17(5,6)14(23)24/h9-11H,7-8H2,1-6H3,(H,19,25)(H,20,22)(H,23,24). The molecule has 1 atom stereocenters. The van der Waals surface area contributed by atoms with Gasteiger partial charge in [0.15, 0.2) is 5.82 Å². The summed E-state index contributed by atoms with van der Waals surface area (Å²) in [5.41, 5.74) is -1.87. The second-order valence-corrected chi connectivity index (χ2v) is 7.51. The summed E-state index contributed by atoms with van der Waals surface area (Å²) >= 11 is 0. The van der Waals surface area contributed by atoms with Gasteiger partial charge in [0, 0.05) is 6.20 Å². The van der Waals surface area contributed by atoms with E-state index >= 15 is 0 Å². The van der Waals surface area contributed by atoms with Crippen LogP contribution in [0.15, 0.2) is 12.5 Å². The molecule has 0 bridgehead atoms. The summed E-state index contributed by atoms with van der Waals surface area (Å²) < 4.78 is 6.56. The highest BCUT2D eigenvalue weighted by molar-refractivity contribution is 5.95. The quantitative estimate of drug-likeness (QED) is 0.679. The normalized spacial score (nSPS) is 13.0. The predicted octanol–water partition coefficient (Wildman–Crippen LogP) is 2.33. The van der Waals surface area contributed by atoms with Crippen LogP contribution in [-0.4, -0.2) is 44.3 Å². The van der Waals surface area contributed by atoms with Crippen molar-refractivity contribution in [3.8, 4) is 0 Å². The number of imidazole rings is 1. The Morgan fingerprint density at radius 1 is 1.27 bits per heavy atom. The van der Waals surface area contributed by atoms with Gasteiger partial charge in [0.25, 0.3) is 0 Å². The Morgan fingerprint density at radius 2 is 1.88 bits per heavy atom. The SMILES string of the molecule is CCCC(NC(=O)OC(C)(C)C)C(=O)Nc1cn(C(C)(C)C(=O)O)cn1. The Bertz CT molecular complexity index is 660. The number of carbonyl (C=O) groups excluding carboxylic acids is 2. The third kappa shape index (κ3) is 6.05. The summed E-state index contributed by atoms with van der Waals surface area (Å²) in [5, 5.41) is 14.4. The van der Waals surface area contributed by atoms with Gasteiger partial charge in [0.05, 0.1) is 6.33 Å². The zero-order chi connectivity index (χ0) is 20.1. The van der Waals surface area contributed by atoms with E-state index in [1.54, 1.807) is 20.8 Å². The summed E-state index contributed by atoms with van der Waals surface area (Å²) in [6, 6.07) is -0.785. The fourth-order valence-corrected chi connectivity index (χ4v) is 2.02. The molecule has 0 spiro atoms.